The van der Waals surface area contributed by atoms with Crippen LogP contribution in [-0.2, 0) is 19.4 Å². The van der Waals surface area contributed by atoms with Crippen molar-refractivity contribution in [3.05, 3.63) is 89.8 Å². The minimum atomic E-state index is 0.849. The zero-order valence-corrected chi connectivity index (χ0v) is 14.7. The Morgan fingerprint density at radius 3 is 1.84 bits per heavy atom. The third kappa shape index (κ3) is 5.76. The standard InChI is InChI=1S/C21H24N4/c1-18-7-6-10-21(24-18)17-25(15-11-19-8-2-4-13-22-19)16-12-20-9-3-5-14-23-20/h2-10,13-14H,11-12,15-17H2,1H3. The normalized spacial score (nSPS) is 11.0. The lowest BCUT2D eigenvalue weighted by Gasteiger charge is -2.22. The fourth-order valence-corrected chi connectivity index (χ4v) is 2.82. The van der Waals surface area contributed by atoms with Crippen LogP contribution in [0.3, 0.4) is 0 Å². The highest BCUT2D eigenvalue weighted by atomic mass is 15.1. The number of rotatable bonds is 8. The van der Waals surface area contributed by atoms with Gasteiger partial charge >= 0.3 is 0 Å². The van der Waals surface area contributed by atoms with Gasteiger partial charge in [-0.2, -0.15) is 0 Å². The molecule has 0 atom stereocenters. The fourth-order valence-electron chi connectivity index (χ4n) is 2.82. The Morgan fingerprint density at radius 2 is 1.32 bits per heavy atom. The van der Waals surface area contributed by atoms with E-state index in [1.165, 1.54) is 0 Å². The van der Waals surface area contributed by atoms with Crippen LogP contribution >= 0.6 is 0 Å². The minimum absolute atomic E-state index is 0.849. The molecule has 25 heavy (non-hydrogen) atoms. The van der Waals surface area contributed by atoms with Crippen molar-refractivity contribution in [3.8, 4) is 0 Å². The molecule has 0 amide bonds. The van der Waals surface area contributed by atoms with Gasteiger partial charge in [-0.1, -0.05) is 18.2 Å². The highest BCUT2D eigenvalue weighted by Crippen LogP contribution is 2.07. The molecule has 0 unspecified atom stereocenters. The van der Waals surface area contributed by atoms with Crippen LogP contribution in [0.25, 0.3) is 0 Å². The number of aryl methyl sites for hydroxylation is 1. The molecule has 3 rings (SSSR count). The van der Waals surface area contributed by atoms with Crippen molar-refractivity contribution in [2.24, 2.45) is 0 Å². The van der Waals surface area contributed by atoms with E-state index >= 15 is 0 Å². The van der Waals surface area contributed by atoms with Crippen molar-refractivity contribution < 1.29 is 0 Å². The van der Waals surface area contributed by atoms with E-state index in [1.54, 1.807) is 0 Å². The molecule has 3 heterocycles. The molecule has 3 aromatic rings. The molecule has 3 aromatic heterocycles. The number of nitrogens with zero attached hydrogens (tertiary/aromatic N) is 4. The second kappa shape index (κ2) is 9.04. The van der Waals surface area contributed by atoms with Crippen LogP contribution in [0.1, 0.15) is 22.8 Å². The van der Waals surface area contributed by atoms with Crippen LogP contribution in [0.15, 0.2) is 67.0 Å². The van der Waals surface area contributed by atoms with Gasteiger partial charge in [0, 0.05) is 62.0 Å². The molecule has 0 aromatic carbocycles. The molecule has 0 aliphatic heterocycles. The molecule has 0 saturated heterocycles. The Kier molecular flexibility index (Phi) is 6.23. The Hall–Kier alpha value is -2.59. The van der Waals surface area contributed by atoms with Crippen molar-refractivity contribution in [1.29, 1.82) is 0 Å². The lowest BCUT2D eigenvalue weighted by atomic mass is 10.2. The summed E-state index contributed by atoms with van der Waals surface area (Å²) in [5.41, 5.74) is 4.43. The Balaban J connectivity index is 1.64. The largest absolute Gasteiger partial charge is 0.297 e. The van der Waals surface area contributed by atoms with Crippen LogP contribution < -0.4 is 0 Å². The van der Waals surface area contributed by atoms with Gasteiger partial charge in [0.2, 0.25) is 0 Å². The molecule has 0 radical (unpaired) electrons. The molecule has 0 fully saturated rings. The van der Waals surface area contributed by atoms with Crippen LogP contribution in [0.4, 0.5) is 0 Å². The second-order valence-corrected chi connectivity index (χ2v) is 6.19. The van der Waals surface area contributed by atoms with Gasteiger partial charge in [-0.3, -0.25) is 19.9 Å². The predicted octanol–water partition coefficient (Wildman–Crippen LogP) is 3.47. The molecule has 0 aliphatic carbocycles. The Morgan fingerprint density at radius 1 is 0.720 bits per heavy atom. The number of hydrogen-bond donors (Lipinski definition) is 0. The summed E-state index contributed by atoms with van der Waals surface area (Å²) < 4.78 is 0. The van der Waals surface area contributed by atoms with Gasteiger partial charge in [-0.05, 0) is 43.3 Å². The lowest BCUT2D eigenvalue weighted by molar-refractivity contribution is 0.267. The van der Waals surface area contributed by atoms with E-state index < -0.39 is 0 Å². The Labute approximate surface area is 149 Å². The zero-order valence-electron chi connectivity index (χ0n) is 14.7. The third-order valence-corrected chi connectivity index (χ3v) is 4.15. The average Bonchev–Trinajstić information content (AvgIpc) is 2.66. The van der Waals surface area contributed by atoms with Gasteiger partial charge < -0.3 is 0 Å². The summed E-state index contributed by atoms with van der Waals surface area (Å²) in [6.45, 7) is 4.80. The van der Waals surface area contributed by atoms with Gasteiger partial charge in [-0.25, -0.2) is 0 Å². The SMILES string of the molecule is Cc1cccc(CN(CCc2ccccn2)CCc2ccccn2)n1. The van der Waals surface area contributed by atoms with Gasteiger partial charge in [0.1, 0.15) is 0 Å². The molecule has 0 saturated carbocycles. The van der Waals surface area contributed by atoms with E-state index in [4.69, 9.17) is 0 Å². The lowest BCUT2D eigenvalue weighted by Crippen LogP contribution is -2.29. The van der Waals surface area contributed by atoms with E-state index in [-0.39, 0.29) is 0 Å². The highest BCUT2D eigenvalue weighted by molar-refractivity contribution is 5.10. The Bertz CT molecular complexity index is 716. The zero-order chi connectivity index (χ0) is 17.3. The monoisotopic (exact) mass is 332 g/mol. The molecular weight excluding hydrogens is 308 g/mol. The van der Waals surface area contributed by atoms with Crippen molar-refractivity contribution >= 4 is 0 Å². The summed E-state index contributed by atoms with van der Waals surface area (Å²) in [6.07, 6.45) is 5.59. The molecule has 0 aliphatic rings. The van der Waals surface area contributed by atoms with Gasteiger partial charge in [-0.15, -0.1) is 0 Å². The molecule has 0 N–H and O–H groups in total. The number of hydrogen-bond acceptors (Lipinski definition) is 4. The van der Waals surface area contributed by atoms with Crippen molar-refractivity contribution in [2.75, 3.05) is 13.1 Å². The first kappa shape index (κ1) is 17.2. The van der Waals surface area contributed by atoms with E-state index in [0.717, 1.165) is 55.3 Å². The van der Waals surface area contributed by atoms with E-state index in [1.807, 2.05) is 49.6 Å². The summed E-state index contributed by atoms with van der Waals surface area (Å²) in [4.78, 5) is 16.0. The second-order valence-electron chi connectivity index (χ2n) is 6.19. The number of pyridine rings is 3. The van der Waals surface area contributed by atoms with Crippen molar-refractivity contribution in [2.45, 2.75) is 26.3 Å². The van der Waals surface area contributed by atoms with Gasteiger partial charge in [0.15, 0.2) is 0 Å². The molecule has 4 nitrogen and oxygen atoms in total. The summed E-state index contributed by atoms with van der Waals surface area (Å²) in [7, 11) is 0. The molecule has 0 bridgehead atoms. The molecular formula is C21H24N4. The maximum atomic E-state index is 4.65. The van der Waals surface area contributed by atoms with E-state index in [2.05, 4.69) is 44.1 Å². The first-order valence-electron chi connectivity index (χ1n) is 8.74. The fraction of sp³-hybridized carbons (Fsp3) is 0.286. The quantitative estimate of drug-likeness (QED) is 0.633. The molecule has 4 heteroatoms. The van der Waals surface area contributed by atoms with Crippen molar-refractivity contribution in [3.63, 3.8) is 0 Å². The smallest absolute Gasteiger partial charge is 0.0547 e. The maximum absolute atomic E-state index is 4.65. The predicted molar refractivity (Wildman–Crippen MR) is 100 cm³/mol. The van der Waals surface area contributed by atoms with E-state index in [0.29, 0.717) is 0 Å². The summed E-state index contributed by atoms with van der Waals surface area (Å²) in [5, 5.41) is 0. The topological polar surface area (TPSA) is 41.9 Å². The van der Waals surface area contributed by atoms with E-state index in [9.17, 15) is 0 Å². The van der Waals surface area contributed by atoms with Gasteiger partial charge in [0.05, 0.1) is 5.69 Å². The van der Waals surface area contributed by atoms with Gasteiger partial charge in [0.25, 0.3) is 0 Å². The van der Waals surface area contributed by atoms with Crippen LogP contribution in [0, 0.1) is 6.92 Å². The van der Waals surface area contributed by atoms with Crippen LogP contribution in [0.2, 0.25) is 0 Å². The van der Waals surface area contributed by atoms with Crippen LogP contribution in [0.5, 0.6) is 0 Å². The third-order valence-electron chi connectivity index (χ3n) is 4.15. The summed E-state index contributed by atoms with van der Waals surface area (Å²) in [5.74, 6) is 0. The average molecular weight is 332 g/mol. The molecule has 0 spiro atoms. The number of aromatic nitrogens is 3. The minimum Gasteiger partial charge on any atom is -0.297 e. The van der Waals surface area contributed by atoms with Crippen molar-refractivity contribution in [1.82, 2.24) is 19.9 Å². The molecule has 128 valence electrons. The maximum Gasteiger partial charge on any atom is 0.0547 e. The summed E-state index contributed by atoms with van der Waals surface area (Å²) in [6, 6.07) is 18.4. The first-order valence-corrected chi connectivity index (χ1v) is 8.74. The summed E-state index contributed by atoms with van der Waals surface area (Å²) >= 11 is 0. The van der Waals surface area contributed by atoms with Crippen LogP contribution in [-0.4, -0.2) is 32.9 Å². The highest BCUT2D eigenvalue weighted by Gasteiger charge is 2.09. The first-order chi connectivity index (χ1) is 12.3.